The summed E-state index contributed by atoms with van der Waals surface area (Å²) >= 11 is 1.58. The summed E-state index contributed by atoms with van der Waals surface area (Å²) in [6.07, 6.45) is 1.67. The molecule has 1 saturated heterocycles. The molecule has 5 nitrogen and oxygen atoms in total. The maximum atomic E-state index is 12.3. The van der Waals surface area contributed by atoms with E-state index in [2.05, 4.69) is 17.2 Å². The van der Waals surface area contributed by atoms with Crippen LogP contribution in [0.2, 0.25) is 0 Å². The van der Waals surface area contributed by atoms with Crippen LogP contribution in [0.1, 0.15) is 12.6 Å². The van der Waals surface area contributed by atoms with Crippen LogP contribution in [0.25, 0.3) is 11.5 Å². The third kappa shape index (κ3) is 4.14. The second-order valence-electron chi connectivity index (χ2n) is 5.64. The lowest BCUT2D eigenvalue weighted by Gasteiger charge is -2.33. The monoisotopic (exact) mass is 331 g/mol. The zero-order valence-corrected chi connectivity index (χ0v) is 14.0. The van der Waals surface area contributed by atoms with Gasteiger partial charge in [0, 0.05) is 37.0 Å². The predicted molar refractivity (Wildman–Crippen MR) is 92.1 cm³/mol. The Morgan fingerprint density at radius 2 is 2.26 bits per heavy atom. The van der Waals surface area contributed by atoms with Crippen LogP contribution in [0, 0.1) is 0 Å². The summed E-state index contributed by atoms with van der Waals surface area (Å²) in [5.41, 5.74) is 1.84. The smallest absolute Gasteiger partial charge is 0.232 e. The van der Waals surface area contributed by atoms with Gasteiger partial charge >= 0.3 is 0 Å². The lowest BCUT2D eigenvalue weighted by atomic mass is 10.2. The molecule has 1 atom stereocenters. The van der Waals surface area contributed by atoms with Crippen molar-refractivity contribution in [1.29, 1.82) is 0 Å². The van der Waals surface area contributed by atoms with Crippen LogP contribution in [0.3, 0.4) is 0 Å². The van der Waals surface area contributed by atoms with E-state index >= 15 is 0 Å². The standard InChI is InChI=1S/C17H21N3O2S/c1-13-9-18-7-8-20(13)16(21)12-23-11-15-10-22-17(19-15)14-5-3-2-4-6-14/h2-6,10,13,18H,7-9,11-12H2,1H3/t13-/m0/s1. The van der Waals surface area contributed by atoms with Crippen LogP contribution in [0.15, 0.2) is 41.0 Å². The second kappa shape index (κ2) is 7.66. The number of rotatable bonds is 5. The molecule has 2 heterocycles. The fourth-order valence-electron chi connectivity index (χ4n) is 2.62. The Bertz CT molecular complexity index is 644. The van der Waals surface area contributed by atoms with E-state index in [4.69, 9.17) is 4.42 Å². The average Bonchev–Trinajstić information content (AvgIpc) is 3.05. The molecule has 0 spiro atoms. The molecule has 1 amide bonds. The quantitative estimate of drug-likeness (QED) is 0.912. The van der Waals surface area contributed by atoms with E-state index in [9.17, 15) is 4.79 Å². The minimum absolute atomic E-state index is 0.204. The number of hydrogen-bond acceptors (Lipinski definition) is 5. The van der Waals surface area contributed by atoms with Crippen LogP contribution in [0.4, 0.5) is 0 Å². The summed E-state index contributed by atoms with van der Waals surface area (Å²) < 4.78 is 5.51. The largest absolute Gasteiger partial charge is 0.444 e. The highest BCUT2D eigenvalue weighted by molar-refractivity contribution is 7.99. The van der Waals surface area contributed by atoms with Crippen molar-refractivity contribution in [3.05, 3.63) is 42.3 Å². The summed E-state index contributed by atoms with van der Waals surface area (Å²) in [4.78, 5) is 18.7. The molecule has 1 aliphatic heterocycles. The number of nitrogens with zero attached hydrogens (tertiary/aromatic N) is 2. The second-order valence-corrected chi connectivity index (χ2v) is 6.63. The van der Waals surface area contributed by atoms with Crippen LogP contribution in [-0.2, 0) is 10.5 Å². The van der Waals surface area contributed by atoms with Gasteiger partial charge in [-0.1, -0.05) is 18.2 Å². The molecule has 3 rings (SSSR count). The maximum absolute atomic E-state index is 12.3. The molecular formula is C17H21N3O2S. The highest BCUT2D eigenvalue weighted by atomic mass is 32.2. The van der Waals surface area contributed by atoms with Gasteiger partial charge in [-0.05, 0) is 19.1 Å². The number of hydrogen-bond donors (Lipinski definition) is 1. The summed E-state index contributed by atoms with van der Waals surface area (Å²) in [7, 11) is 0. The summed E-state index contributed by atoms with van der Waals surface area (Å²) in [6, 6.07) is 10.1. The van der Waals surface area contributed by atoms with Gasteiger partial charge in [0.2, 0.25) is 11.8 Å². The molecule has 0 radical (unpaired) electrons. The first-order valence-corrected chi connectivity index (χ1v) is 8.97. The number of benzene rings is 1. The topological polar surface area (TPSA) is 58.4 Å². The molecule has 122 valence electrons. The van der Waals surface area contributed by atoms with E-state index in [1.807, 2.05) is 35.2 Å². The predicted octanol–water partition coefficient (Wildman–Crippen LogP) is 2.40. The molecule has 1 aromatic heterocycles. The zero-order valence-electron chi connectivity index (χ0n) is 13.2. The molecule has 1 N–H and O–H groups in total. The highest BCUT2D eigenvalue weighted by Gasteiger charge is 2.22. The van der Waals surface area contributed by atoms with Crippen LogP contribution in [0.5, 0.6) is 0 Å². The first-order chi connectivity index (χ1) is 11.2. The Morgan fingerprint density at radius 1 is 1.43 bits per heavy atom. The van der Waals surface area contributed by atoms with E-state index in [0.717, 1.165) is 30.9 Å². The third-order valence-electron chi connectivity index (χ3n) is 3.87. The molecule has 2 aromatic rings. The van der Waals surface area contributed by atoms with Gasteiger partial charge in [0.1, 0.15) is 6.26 Å². The number of nitrogens with one attached hydrogen (secondary N) is 1. The minimum atomic E-state index is 0.204. The van der Waals surface area contributed by atoms with Crippen LogP contribution >= 0.6 is 11.8 Å². The molecule has 1 fully saturated rings. The number of piperazine rings is 1. The minimum Gasteiger partial charge on any atom is -0.444 e. The fourth-order valence-corrected chi connectivity index (χ4v) is 3.41. The maximum Gasteiger partial charge on any atom is 0.232 e. The van der Waals surface area contributed by atoms with Crippen LogP contribution < -0.4 is 5.32 Å². The third-order valence-corrected chi connectivity index (χ3v) is 4.82. The SMILES string of the molecule is C[C@H]1CNCCN1C(=O)CSCc1coc(-c2ccccc2)n1. The molecular weight excluding hydrogens is 310 g/mol. The fraction of sp³-hybridized carbons (Fsp3) is 0.412. The van der Waals surface area contributed by atoms with Crippen molar-refractivity contribution < 1.29 is 9.21 Å². The number of carbonyl (C=O) groups excluding carboxylic acids is 1. The van der Waals surface area contributed by atoms with Gasteiger partial charge in [-0.3, -0.25) is 4.79 Å². The van der Waals surface area contributed by atoms with Gasteiger partial charge in [0.05, 0.1) is 11.4 Å². The highest BCUT2D eigenvalue weighted by Crippen LogP contribution is 2.20. The Kier molecular flexibility index (Phi) is 5.35. The van der Waals surface area contributed by atoms with Crippen molar-refractivity contribution >= 4 is 17.7 Å². The van der Waals surface area contributed by atoms with Crippen molar-refractivity contribution in [3.63, 3.8) is 0 Å². The lowest BCUT2D eigenvalue weighted by Crippen LogP contribution is -2.52. The van der Waals surface area contributed by atoms with Gasteiger partial charge in [0.25, 0.3) is 0 Å². The first kappa shape index (κ1) is 16.1. The van der Waals surface area contributed by atoms with E-state index in [1.54, 1.807) is 18.0 Å². The van der Waals surface area contributed by atoms with Gasteiger partial charge in [-0.25, -0.2) is 4.98 Å². The number of thioether (sulfide) groups is 1. The van der Waals surface area contributed by atoms with E-state index in [1.165, 1.54) is 0 Å². The van der Waals surface area contributed by atoms with Crippen molar-refractivity contribution in [2.45, 2.75) is 18.7 Å². The van der Waals surface area contributed by atoms with E-state index < -0.39 is 0 Å². The van der Waals surface area contributed by atoms with Crippen molar-refractivity contribution in [1.82, 2.24) is 15.2 Å². The van der Waals surface area contributed by atoms with Gasteiger partial charge in [-0.15, -0.1) is 11.8 Å². The van der Waals surface area contributed by atoms with Gasteiger partial charge in [0.15, 0.2) is 0 Å². The molecule has 0 unspecified atom stereocenters. The summed E-state index contributed by atoms with van der Waals surface area (Å²) in [6.45, 7) is 4.63. The Hall–Kier alpha value is -1.79. The molecule has 0 aliphatic carbocycles. The normalized spacial score (nSPS) is 18.1. The zero-order chi connectivity index (χ0) is 16.1. The van der Waals surface area contributed by atoms with E-state index in [0.29, 0.717) is 17.4 Å². The summed E-state index contributed by atoms with van der Waals surface area (Å²) in [5.74, 6) is 2.00. The van der Waals surface area contributed by atoms with Crippen molar-refractivity contribution in [3.8, 4) is 11.5 Å². The Balaban J connectivity index is 1.49. The van der Waals surface area contributed by atoms with Crippen molar-refractivity contribution in [2.24, 2.45) is 0 Å². The molecule has 0 saturated carbocycles. The van der Waals surface area contributed by atoms with Crippen molar-refractivity contribution in [2.75, 3.05) is 25.4 Å². The Morgan fingerprint density at radius 3 is 3.04 bits per heavy atom. The summed E-state index contributed by atoms with van der Waals surface area (Å²) in [5, 5.41) is 3.30. The average molecular weight is 331 g/mol. The number of carbonyl (C=O) groups is 1. The van der Waals surface area contributed by atoms with E-state index in [-0.39, 0.29) is 11.9 Å². The molecule has 23 heavy (non-hydrogen) atoms. The van der Waals surface area contributed by atoms with Gasteiger partial charge < -0.3 is 14.6 Å². The van der Waals surface area contributed by atoms with Gasteiger partial charge in [-0.2, -0.15) is 0 Å². The molecule has 6 heteroatoms. The molecule has 1 aromatic carbocycles. The first-order valence-electron chi connectivity index (χ1n) is 7.82. The number of amides is 1. The molecule has 0 bridgehead atoms. The lowest BCUT2D eigenvalue weighted by molar-refractivity contribution is -0.131. The van der Waals surface area contributed by atoms with Crippen LogP contribution in [-0.4, -0.2) is 47.2 Å². The molecule has 1 aliphatic rings. The number of aromatic nitrogens is 1. The number of oxazole rings is 1. The Labute approximate surface area is 140 Å².